The van der Waals surface area contributed by atoms with Crippen LogP contribution < -0.4 is 16.4 Å². The van der Waals surface area contributed by atoms with Gasteiger partial charge in [0.25, 0.3) is 0 Å². The number of carbonyl (C=O) groups is 3. The van der Waals surface area contributed by atoms with Crippen molar-refractivity contribution in [2.24, 2.45) is 5.73 Å². The Balaban J connectivity index is 0.00000361. The number of carbonyl (C=O) groups excluding carboxylic acids is 2. The number of carboxylic acid groups (broad SMARTS) is 1. The summed E-state index contributed by atoms with van der Waals surface area (Å²) in [6.07, 6.45) is 2.96. The quantitative estimate of drug-likeness (QED) is 0.351. The molecule has 0 saturated carbocycles. The maximum absolute atomic E-state index is 11.5. The molecular weight excluding hydrogens is 270 g/mol. The van der Waals surface area contributed by atoms with Crippen molar-refractivity contribution in [2.45, 2.75) is 12.5 Å². The molecule has 1 rings (SSSR count). The lowest BCUT2D eigenvalue weighted by Gasteiger charge is -2.13. The second kappa shape index (κ2) is 8.61. The molecule has 2 amide bonds. The van der Waals surface area contributed by atoms with Gasteiger partial charge in [-0.15, -0.1) is 0 Å². The number of nitrogens with one attached hydrogen (secondary N) is 3. The minimum absolute atomic E-state index is 0. The van der Waals surface area contributed by atoms with E-state index >= 15 is 0 Å². The minimum atomic E-state index is -1.17. The van der Waals surface area contributed by atoms with Gasteiger partial charge < -0.3 is 31.9 Å². The molecule has 112 valence electrons. The average Bonchev–Trinajstić information content (AvgIpc) is 2.87. The van der Waals surface area contributed by atoms with Gasteiger partial charge in [0.1, 0.15) is 6.04 Å². The fraction of sp³-hybridized carbons (Fsp3) is 0.400. The summed E-state index contributed by atoms with van der Waals surface area (Å²) in [5, 5.41) is 13.5. The number of carboxylic acids is 1. The Morgan fingerprint density at radius 3 is 2.60 bits per heavy atom. The summed E-state index contributed by atoms with van der Waals surface area (Å²) in [5.41, 5.74) is 5.63. The Hall–Kier alpha value is -2.46. The van der Waals surface area contributed by atoms with Gasteiger partial charge in [-0.3, -0.25) is 9.59 Å². The maximum atomic E-state index is 11.5. The molecule has 8 N–H and O–H groups in total. The lowest BCUT2D eigenvalue weighted by atomic mass is 10.1. The first kappa shape index (κ1) is 17.5. The van der Waals surface area contributed by atoms with Crippen LogP contribution in [0, 0.1) is 0 Å². The molecule has 1 aromatic heterocycles. The molecule has 0 unspecified atom stereocenters. The van der Waals surface area contributed by atoms with E-state index in [1.165, 1.54) is 12.5 Å². The molecule has 1 atom stereocenters. The molecule has 0 aliphatic carbocycles. The highest BCUT2D eigenvalue weighted by Crippen LogP contribution is 1.98. The Kier molecular flexibility index (Phi) is 7.55. The van der Waals surface area contributed by atoms with Crippen LogP contribution in [0.3, 0.4) is 0 Å². The van der Waals surface area contributed by atoms with E-state index in [1.807, 2.05) is 0 Å². The van der Waals surface area contributed by atoms with Crippen LogP contribution in [0.2, 0.25) is 0 Å². The molecule has 0 aliphatic heterocycles. The van der Waals surface area contributed by atoms with Crippen molar-refractivity contribution in [2.75, 3.05) is 13.1 Å². The van der Waals surface area contributed by atoms with Gasteiger partial charge in [-0.05, 0) is 0 Å². The molecule has 0 fully saturated rings. The molecule has 0 bridgehead atoms. The smallest absolute Gasteiger partial charge is 0.326 e. The lowest BCUT2D eigenvalue weighted by molar-refractivity contribution is -0.141. The van der Waals surface area contributed by atoms with Gasteiger partial charge in [0.05, 0.1) is 19.4 Å². The second-order valence-corrected chi connectivity index (χ2v) is 3.72. The van der Waals surface area contributed by atoms with Crippen LogP contribution in [0.1, 0.15) is 5.69 Å². The van der Waals surface area contributed by atoms with E-state index in [0.29, 0.717) is 5.69 Å². The third kappa shape index (κ3) is 5.93. The standard InChI is InChI=1S/C10H15N5O4.H2O/c11-2-8(16)13-4-9(17)15-7(10(18)19)1-6-3-12-5-14-6;/h3,5,7H,1-2,4,11H2,(H,12,14)(H,13,16)(H,15,17)(H,18,19);1H2/t7-;/m0./s1. The molecule has 20 heavy (non-hydrogen) atoms. The molecule has 1 heterocycles. The number of aromatic amines is 1. The molecule has 0 aliphatic rings. The Morgan fingerprint density at radius 2 is 2.10 bits per heavy atom. The van der Waals surface area contributed by atoms with Crippen molar-refractivity contribution in [1.82, 2.24) is 20.6 Å². The molecule has 0 saturated heterocycles. The van der Waals surface area contributed by atoms with E-state index in [-0.39, 0.29) is 25.0 Å². The van der Waals surface area contributed by atoms with E-state index in [1.54, 1.807) is 0 Å². The summed E-state index contributed by atoms with van der Waals surface area (Å²) >= 11 is 0. The third-order valence-corrected chi connectivity index (χ3v) is 2.24. The van der Waals surface area contributed by atoms with Gasteiger partial charge in [-0.2, -0.15) is 0 Å². The van der Waals surface area contributed by atoms with Crippen LogP contribution in [0.4, 0.5) is 0 Å². The van der Waals surface area contributed by atoms with Crippen LogP contribution in [0.5, 0.6) is 0 Å². The Bertz CT molecular complexity index is 447. The zero-order valence-electron chi connectivity index (χ0n) is 10.5. The summed E-state index contributed by atoms with van der Waals surface area (Å²) < 4.78 is 0. The van der Waals surface area contributed by atoms with Gasteiger partial charge in [-0.25, -0.2) is 9.78 Å². The van der Waals surface area contributed by atoms with Crippen LogP contribution >= 0.6 is 0 Å². The Morgan fingerprint density at radius 1 is 1.40 bits per heavy atom. The van der Waals surface area contributed by atoms with Crippen LogP contribution in [-0.2, 0) is 20.8 Å². The van der Waals surface area contributed by atoms with Gasteiger partial charge in [0, 0.05) is 18.3 Å². The zero-order chi connectivity index (χ0) is 14.3. The summed E-state index contributed by atoms with van der Waals surface area (Å²) in [5.74, 6) is -2.27. The van der Waals surface area contributed by atoms with Gasteiger partial charge >= 0.3 is 5.97 Å². The number of aliphatic carboxylic acids is 1. The highest BCUT2D eigenvalue weighted by molar-refractivity contribution is 5.88. The number of rotatable bonds is 7. The van der Waals surface area contributed by atoms with Crippen molar-refractivity contribution in [1.29, 1.82) is 0 Å². The number of amides is 2. The lowest BCUT2D eigenvalue weighted by Crippen LogP contribution is -2.47. The van der Waals surface area contributed by atoms with E-state index in [9.17, 15) is 14.4 Å². The van der Waals surface area contributed by atoms with Crippen molar-refractivity contribution in [3.05, 3.63) is 18.2 Å². The maximum Gasteiger partial charge on any atom is 0.326 e. The first-order valence-corrected chi connectivity index (χ1v) is 5.49. The number of hydrogen-bond acceptors (Lipinski definition) is 5. The van der Waals surface area contributed by atoms with Gasteiger partial charge in [0.15, 0.2) is 0 Å². The van der Waals surface area contributed by atoms with Crippen molar-refractivity contribution in [3.63, 3.8) is 0 Å². The minimum Gasteiger partial charge on any atom is -0.480 e. The molecule has 1 aromatic rings. The van der Waals surface area contributed by atoms with Crippen molar-refractivity contribution in [3.8, 4) is 0 Å². The van der Waals surface area contributed by atoms with Crippen LogP contribution in [-0.4, -0.2) is 57.5 Å². The average molecular weight is 287 g/mol. The van der Waals surface area contributed by atoms with Crippen molar-refractivity contribution < 1.29 is 25.0 Å². The Labute approximate surface area is 114 Å². The van der Waals surface area contributed by atoms with Gasteiger partial charge in [-0.1, -0.05) is 0 Å². The molecule has 0 aromatic carbocycles. The second-order valence-electron chi connectivity index (χ2n) is 3.72. The fourth-order valence-corrected chi connectivity index (χ4v) is 1.31. The molecule has 0 spiro atoms. The molecular formula is C10H17N5O5. The van der Waals surface area contributed by atoms with E-state index in [4.69, 9.17) is 10.8 Å². The summed E-state index contributed by atoms with van der Waals surface area (Å²) in [7, 11) is 0. The van der Waals surface area contributed by atoms with Gasteiger partial charge in [0.2, 0.25) is 11.8 Å². The number of hydrogen-bond donors (Lipinski definition) is 5. The zero-order valence-corrected chi connectivity index (χ0v) is 10.5. The molecule has 0 radical (unpaired) electrons. The third-order valence-electron chi connectivity index (χ3n) is 2.24. The fourth-order valence-electron chi connectivity index (χ4n) is 1.31. The predicted molar refractivity (Wildman–Crippen MR) is 67.5 cm³/mol. The van der Waals surface area contributed by atoms with E-state index in [2.05, 4.69) is 20.6 Å². The predicted octanol–water partition coefficient (Wildman–Crippen LogP) is -3.23. The van der Waals surface area contributed by atoms with E-state index in [0.717, 1.165) is 0 Å². The summed E-state index contributed by atoms with van der Waals surface area (Å²) in [4.78, 5) is 39.8. The number of H-pyrrole nitrogens is 1. The monoisotopic (exact) mass is 287 g/mol. The van der Waals surface area contributed by atoms with Crippen LogP contribution in [0.25, 0.3) is 0 Å². The normalized spacial score (nSPS) is 11.1. The largest absolute Gasteiger partial charge is 0.480 e. The van der Waals surface area contributed by atoms with E-state index < -0.39 is 23.8 Å². The number of nitrogens with zero attached hydrogens (tertiary/aromatic N) is 1. The first-order chi connectivity index (χ1) is 9.02. The van der Waals surface area contributed by atoms with Crippen LogP contribution in [0.15, 0.2) is 12.5 Å². The SMILES string of the molecule is NCC(=O)NCC(=O)N[C@@H](Cc1cnc[nH]1)C(=O)O.O. The number of aromatic nitrogens is 2. The number of imidazole rings is 1. The highest BCUT2D eigenvalue weighted by atomic mass is 16.4. The number of nitrogens with two attached hydrogens (primary N) is 1. The first-order valence-electron chi connectivity index (χ1n) is 5.49. The highest BCUT2D eigenvalue weighted by Gasteiger charge is 2.20. The topological polar surface area (TPSA) is 182 Å². The molecule has 10 heteroatoms. The van der Waals surface area contributed by atoms with Crippen molar-refractivity contribution >= 4 is 17.8 Å². The summed E-state index contributed by atoms with van der Waals surface area (Å²) in [6.45, 7) is -0.549. The molecule has 10 nitrogen and oxygen atoms in total. The summed E-state index contributed by atoms with van der Waals surface area (Å²) in [6, 6.07) is -1.09.